The van der Waals surface area contributed by atoms with Gasteiger partial charge in [0.1, 0.15) is 19.3 Å². The van der Waals surface area contributed by atoms with Crippen molar-refractivity contribution in [2.45, 2.75) is 19.1 Å². The summed E-state index contributed by atoms with van der Waals surface area (Å²) in [6.45, 7) is 1.96. The van der Waals surface area contributed by atoms with Gasteiger partial charge in [0, 0.05) is 13.1 Å². The summed E-state index contributed by atoms with van der Waals surface area (Å²) in [5.41, 5.74) is 5.32. The fourth-order valence-electron chi connectivity index (χ4n) is 0.834. The zero-order valence-electron chi connectivity index (χ0n) is 9.50. The first-order valence-electron chi connectivity index (χ1n) is 5.03. The Morgan fingerprint density at radius 3 is 2.65 bits per heavy atom. The second-order valence-electron chi connectivity index (χ2n) is 3.24. The Labute approximate surface area is 98.0 Å². The van der Waals surface area contributed by atoms with Crippen molar-refractivity contribution in [1.29, 1.82) is 0 Å². The molecule has 0 aliphatic heterocycles. The molecule has 0 aromatic heterocycles. The number of rotatable bonds is 9. The van der Waals surface area contributed by atoms with Crippen molar-refractivity contribution in [3.05, 3.63) is 10.1 Å². The molecule has 0 aliphatic carbocycles. The molecule has 0 aliphatic rings. The van der Waals surface area contributed by atoms with Gasteiger partial charge in [0.2, 0.25) is 0 Å². The average Bonchev–Trinajstić information content (AvgIpc) is 2.25. The van der Waals surface area contributed by atoms with Crippen LogP contribution in [0.2, 0.25) is 0 Å². The predicted octanol–water partition coefficient (Wildman–Crippen LogP) is -1.96. The minimum Gasteiger partial charge on any atom is -0.463 e. The monoisotopic (exact) mass is 251 g/mol. The van der Waals surface area contributed by atoms with Crippen LogP contribution in [0, 0.1) is 10.1 Å². The molecule has 0 bridgehead atoms. The molecule has 17 heavy (non-hydrogen) atoms. The van der Waals surface area contributed by atoms with E-state index in [9.17, 15) is 14.9 Å². The van der Waals surface area contributed by atoms with Gasteiger partial charge in [0.05, 0.1) is 6.10 Å². The molecule has 100 valence electrons. The van der Waals surface area contributed by atoms with E-state index >= 15 is 0 Å². The summed E-state index contributed by atoms with van der Waals surface area (Å²) >= 11 is 0. The highest BCUT2D eigenvalue weighted by atomic mass is 16.9. The highest BCUT2D eigenvalue weighted by Crippen LogP contribution is 1.91. The Kier molecular flexibility index (Phi) is 7.93. The number of esters is 1. The number of carbonyl (C=O) groups is 1. The summed E-state index contributed by atoms with van der Waals surface area (Å²) in [5.74, 6) is -0.691. The Bertz CT molecular complexity index is 247. The van der Waals surface area contributed by atoms with Gasteiger partial charge in [-0.05, 0) is 6.92 Å². The molecule has 0 spiro atoms. The molecule has 0 saturated heterocycles. The van der Waals surface area contributed by atoms with Gasteiger partial charge in [-0.25, -0.2) is 0 Å². The normalized spacial score (nSPS) is 13.8. The van der Waals surface area contributed by atoms with Gasteiger partial charge in [-0.3, -0.25) is 4.79 Å². The number of carbonyl (C=O) groups excluding carboxylic acids is 1. The van der Waals surface area contributed by atoms with Gasteiger partial charge >= 0.3 is 5.97 Å². The molecule has 9 heteroatoms. The largest absolute Gasteiger partial charge is 0.463 e. The summed E-state index contributed by atoms with van der Waals surface area (Å²) in [7, 11) is 0. The highest BCUT2D eigenvalue weighted by molar-refractivity contribution is 5.76. The standard InChI is InChI=1S/C8H17N3O6/c1-6(12)7(9)8(13)16-4-2-10-3-5-17-11(14)15/h6-7,10,12H,2-5,9H2,1H3. The van der Waals surface area contributed by atoms with Crippen LogP contribution in [0.4, 0.5) is 0 Å². The SMILES string of the molecule is CC(O)C(N)C(=O)OCCNCCO[N+](=O)[O-]. The molecule has 0 amide bonds. The van der Waals surface area contributed by atoms with E-state index in [0.29, 0.717) is 6.54 Å². The van der Waals surface area contributed by atoms with E-state index < -0.39 is 23.2 Å². The summed E-state index contributed by atoms with van der Waals surface area (Å²) in [6, 6.07) is -1.06. The van der Waals surface area contributed by atoms with E-state index in [-0.39, 0.29) is 19.8 Å². The maximum Gasteiger partial charge on any atom is 0.325 e. The summed E-state index contributed by atoms with van der Waals surface area (Å²) in [5, 5.41) is 20.6. The Hall–Kier alpha value is -1.45. The van der Waals surface area contributed by atoms with Crippen LogP contribution in [-0.2, 0) is 14.4 Å². The van der Waals surface area contributed by atoms with Gasteiger partial charge < -0.3 is 25.7 Å². The van der Waals surface area contributed by atoms with Gasteiger partial charge in [-0.1, -0.05) is 0 Å². The first-order valence-corrected chi connectivity index (χ1v) is 5.03. The molecule has 0 fully saturated rings. The lowest BCUT2D eigenvalue weighted by Gasteiger charge is -2.13. The van der Waals surface area contributed by atoms with Crippen molar-refractivity contribution in [2.75, 3.05) is 26.3 Å². The fraction of sp³-hybridized carbons (Fsp3) is 0.875. The van der Waals surface area contributed by atoms with Crippen molar-refractivity contribution >= 4 is 5.97 Å². The molecule has 0 rings (SSSR count). The Morgan fingerprint density at radius 2 is 2.12 bits per heavy atom. The maximum absolute atomic E-state index is 11.1. The summed E-state index contributed by atoms with van der Waals surface area (Å²) in [6.07, 6.45) is -0.969. The molecule has 2 unspecified atom stereocenters. The lowest BCUT2D eigenvalue weighted by atomic mass is 10.2. The molecule has 2 atom stereocenters. The van der Waals surface area contributed by atoms with E-state index in [0.717, 1.165) is 0 Å². The first-order chi connectivity index (χ1) is 7.95. The number of aliphatic hydroxyl groups excluding tert-OH is 1. The van der Waals surface area contributed by atoms with Crippen LogP contribution in [0.15, 0.2) is 0 Å². The molecule has 4 N–H and O–H groups in total. The molecule has 0 radical (unpaired) electrons. The lowest BCUT2D eigenvalue weighted by molar-refractivity contribution is -0.757. The first kappa shape index (κ1) is 15.6. The van der Waals surface area contributed by atoms with Crippen molar-refractivity contribution in [3.63, 3.8) is 0 Å². The maximum atomic E-state index is 11.1. The number of nitrogens with one attached hydrogen (secondary N) is 1. The minimum atomic E-state index is -1.06. The fourth-order valence-corrected chi connectivity index (χ4v) is 0.834. The smallest absolute Gasteiger partial charge is 0.325 e. The predicted molar refractivity (Wildman–Crippen MR) is 56.4 cm³/mol. The van der Waals surface area contributed by atoms with Crippen molar-refractivity contribution in [1.82, 2.24) is 5.32 Å². The molecule has 0 heterocycles. The van der Waals surface area contributed by atoms with Crippen LogP contribution in [-0.4, -0.2) is 54.6 Å². The van der Waals surface area contributed by atoms with Crippen LogP contribution < -0.4 is 11.1 Å². The molecule has 0 saturated carbocycles. The molecular formula is C8H17N3O6. The number of hydrogen-bond donors (Lipinski definition) is 3. The number of aliphatic hydroxyl groups is 1. The quantitative estimate of drug-likeness (QED) is 0.186. The number of hydrogen-bond acceptors (Lipinski definition) is 8. The van der Waals surface area contributed by atoms with Crippen LogP contribution in [0.25, 0.3) is 0 Å². The van der Waals surface area contributed by atoms with Crippen LogP contribution in [0.3, 0.4) is 0 Å². The van der Waals surface area contributed by atoms with E-state index in [1.54, 1.807) is 0 Å². The Morgan fingerprint density at radius 1 is 1.53 bits per heavy atom. The van der Waals surface area contributed by atoms with Crippen LogP contribution in [0.5, 0.6) is 0 Å². The minimum absolute atomic E-state index is 0.0672. The van der Waals surface area contributed by atoms with E-state index in [4.69, 9.17) is 15.6 Å². The van der Waals surface area contributed by atoms with Gasteiger partial charge in [-0.15, -0.1) is 10.1 Å². The molecule has 9 nitrogen and oxygen atoms in total. The van der Waals surface area contributed by atoms with Gasteiger partial charge in [0.25, 0.3) is 5.09 Å². The number of ether oxygens (including phenoxy) is 1. The third kappa shape index (κ3) is 8.37. The zero-order chi connectivity index (χ0) is 13.3. The second-order valence-corrected chi connectivity index (χ2v) is 3.24. The summed E-state index contributed by atoms with van der Waals surface area (Å²) in [4.78, 5) is 24.9. The zero-order valence-corrected chi connectivity index (χ0v) is 9.50. The average molecular weight is 251 g/mol. The number of nitrogens with two attached hydrogens (primary N) is 1. The van der Waals surface area contributed by atoms with E-state index in [2.05, 4.69) is 10.2 Å². The third-order valence-electron chi connectivity index (χ3n) is 1.79. The summed E-state index contributed by atoms with van der Waals surface area (Å²) < 4.78 is 4.73. The van der Waals surface area contributed by atoms with E-state index in [1.807, 2.05) is 0 Å². The van der Waals surface area contributed by atoms with Gasteiger partial charge in [0.15, 0.2) is 0 Å². The van der Waals surface area contributed by atoms with Crippen molar-refractivity contribution in [2.24, 2.45) is 5.73 Å². The molecule has 0 aromatic rings. The second kappa shape index (κ2) is 8.67. The lowest BCUT2D eigenvalue weighted by Crippen LogP contribution is -2.42. The number of nitrogens with zero attached hydrogens (tertiary/aromatic N) is 1. The highest BCUT2D eigenvalue weighted by Gasteiger charge is 2.19. The topological polar surface area (TPSA) is 137 Å². The molecule has 0 aromatic carbocycles. The van der Waals surface area contributed by atoms with Gasteiger partial charge in [-0.2, -0.15) is 0 Å². The Balaban J connectivity index is 3.39. The van der Waals surface area contributed by atoms with Crippen molar-refractivity contribution < 1.29 is 24.6 Å². The van der Waals surface area contributed by atoms with Crippen molar-refractivity contribution in [3.8, 4) is 0 Å². The van der Waals surface area contributed by atoms with Crippen LogP contribution in [0.1, 0.15) is 6.92 Å². The molecular weight excluding hydrogens is 234 g/mol. The third-order valence-corrected chi connectivity index (χ3v) is 1.79. The van der Waals surface area contributed by atoms with E-state index in [1.165, 1.54) is 6.92 Å². The van der Waals surface area contributed by atoms with Crippen LogP contribution >= 0.6 is 0 Å².